The van der Waals surface area contributed by atoms with Crippen molar-refractivity contribution in [2.75, 3.05) is 6.54 Å². The van der Waals surface area contributed by atoms with Crippen LogP contribution in [0.1, 0.15) is 0 Å². The number of rotatable bonds is 1. The van der Waals surface area contributed by atoms with E-state index in [9.17, 15) is 0 Å². The fraction of sp³-hybridized carbons (Fsp3) is 0.333. The van der Waals surface area contributed by atoms with E-state index in [1.807, 2.05) is 0 Å². The van der Waals surface area contributed by atoms with Gasteiger partial charge in [-0.05, 0) is 0 Å². The van der Waals surface area contributed by atoms with Crippen LogP contribution >= 0.6 is 0 Å². The van der Waals surface area contributed by atoms with Crippen molar-refractivity contribution in [2.45, 2.75) is 0 Å². The largest absolute Gasteiger partial charge is 0.571 e. The third kappa shape index (κ3) is 1.00. The molecule has 0 amide bonds. The van der Waals surface area contributed by atoms with Crippen LogP contribution in [-0.4, -0.2) is 28.8 Å². The maximum atomic E-state index is 8.43. The first-order valence-corrected chi connectivity index (χ1v) is 2.34. The molecule has 3 N–H and O–H groups in total. The average molecular weight is 114 g/mol. The molecule has 0 atom stereocenters. The first-order valence-electron chi connectivity index (χ1n) is 2.34. The molecule has 0 saturated heterocycles. The molecule has 5 heteroatoms. The molecule has 1 rings (SSSR count). The van der Waals surface area contributed by atoms with Gasteiger partial charge in [0.2, 0.25) is 0 Å². The van der Waals surface area contributed by atoms with Crippen molar-refractivity contribution in [1.29, 1.82) is 0 Å². The van der Waals surface area contributed by atoms with Crippen molar-refractivity contribution in [3.05, 3.63) is 12.3 Å². The Morgan fingerprint density at radius 2 is 2.38 bits per heavy atom. The molecule has 0 saturated carbocycles. The highest BCUT2D eigenvalue weighted by atomic mass is 16.4. The first kappa shape index (κ1) is 5.62. The maximum absolute atomic E-state index is 8.43. The number of hydrogen-bond donors (Lipinski definition) is 3. The van der Waals surface area contributed by atoms with Gasteiger partial charge in [0.05, 0.1) is 0 Å². The van der Waals surface area contributed by atoms with Crippen LogP contribution in [0.4, 0.5) is 0 Å². The SMILES string of the molecule is OB(O)N1CC=CN1. The highest BCUT2D eigenvalue weighted by Crippen LogP contribution is 1.90. The molecule has 1 heterocycles. The third-order valence-corrected chi connectivity index (χ3v) is 0.939. The molecule has 0 aliphatic carbocycles. The molecule has 0 aromatic heterocycles. The van der Waals surface area contributed by atoms with E-state index in [2.05, 4.69) is 5.43 Å². The van der Waals surface area contributed by atoms with Crippen LogP contribution in [0, 0.1) is 0 Å². The molecule has 8 heavy (non-hydrogen) atoms. The minimum atomic E-state index is -1.40. The molecule has 0 bridgehead atoms. The van der Waals surface area contributed by atoms with Gasteiger partial charge in [-0.15, -0.1) is 0 Å². The van der Waals surface area contributed by atoms with Crippen LogP contribution in [0.15, 0.2) is 12.3 Å². The summed E-state index contributed by atoms with van der Waals surface area (Å²) in [7, 11) is -1.40. The number of nitrogens with zero attached hydrogens (tertiary/aromatic N) is 1. The van der Waals surface area contributed by atoms with Crippen molar-refractivity contribution in [3.8, 4) is 0 Å². The Hall–Kier alpha value is -0.515. The van der Waals surface area contributed by atoms with Gasteiger partial charge in [0.1, 0.15) is 0 Å². The minimum Gasteiger partial charge on any atom is -0.412 e. The van der Waals surface area contributed by atoms with Gasteiger partial charge in [0.25, 0.3) is 0 Å². The smallest absolute Gasteiger partial charge is 0.412 e. The van der Waals surface area contributed by atoms with Gasteiger partial charge in [-0.25, -0.2) is 4.92 Å². The zero-order chi connectivity index (χ0) is 5.98. The molecular weight excluding hydrogens is 107 g/mol. The summed E-state index contributed by atoms with van der Waals surface area (Å²) in [5.74, 6) is 0. The molecule has 0 radical (unpaired) electrons. The molecule has 4 nitrogen and oxygen atoms in total. The molecule has 0 aromatic rings. The lowest BCUT2D eigenvalue weighted by molar-refractivity contribution is 0.265. The van der Waals surface area contributed by atoms with E-state index in [1.54, 1.807) is 12.3 Å². The van der Waals surface area contributed by atoms with Crippen LogP contribution in [0.25, 0.3) is 0 Å². The van der Waals surface area contributed by atoms with E-state index >= 15 is 0 Å². The standard InChI is InChI=1S/C3H7BN2O2/c7-4(8)6-3-1-2-5-6/h1-2,5,7-8H,3H2. The number of nitrogens with one attached hydrogen (secondary N) is 1. The monoisotopic (exact) mass is 114 g/mol. The van der Waals surface area contributed by atoms with Gasteiger partial charge in [-0.3, -0.25) is 0 Å². The lowest BCUT2D eigenvalue weighted by Gasteiger charge is -2.12. The van der Waals surface area contributed by atoms with Gasteiger partial charge in [0.15, 0.2) is 0 Å². The van der Waals surface area contributed by atoms with Crippen LogP contribution in [0.2, 0.25) is 0 Å². The summed E-state index contributed by atoms with van der Waals surface area (Å²) in [5, 5.41) is 16.9. The Bertz CT molecular complexity index is 97.5. The molecule has 44 valence electrons. The summed E-state index contributed by atoms with van der Waals surface area (Å²) in [6.07, 6.45) is 3.44. The third-order valence-electron chi connectivity index (χ3n) is 0.939. The molecule has 0 spiro atoms. The second-order valence-electron chi connectivity index (χ2n) is 1.53. The topological polar surface area (TPSA) is 55.7 Å². The molecule has 1 aliphatic heterocycles. The molecule has 0 aromatic carbocycles. The van der Waals surface area contributed by atoms with E-state index in [0.29, 0.717) is 6.54 Å². The second-order valence-corrected chi connectivity index (χ2v) is 1.53. The Balaban J connectivity index is 2.29. The minimum absolute atomic E-state index is 0.539. The van der Waals surface area contributed by atoms with Gasteiger partial charge in [-0.1, -0.05) is 6.08 Å². The first-order chi connectivity index (χ1) is 3.80. The molecule has 0 fully saturated rings. The zero-order valence-corrected chi connectivity index (χ0v) is 4.28. The quantitative estimate of drug-likeness (QED) is 0.355. The van der Waals surface area contributed by atoms with Crippen molar-refractivity contribution in [2.24, 2.45) is 0 Å². The number of hydrogen-bond acceptors (Lipinski definition) is 4. The highest BCUT2D eigenvalue weighted by Gasteiger charge is 2.19. The predicted molar refractivity (Wildman–Crippen MR) is 29.2 cm³/mol. The summed E-state index contributed by atoms with van der Waals surface area (Å²) in [6, 6.07) is 0. The lowest BCUT2D eigenvalue weighted by atomic mass is 10.1. The lowest BCUT2D eigenvalue weighted by Crippen LogP contribution is -2.43. The van der Waals surface area contributed by atoms with Crippen molar-refractivity contribution in [3.63, 3.8) is 0 Å². The van der Waals surface area contributed by atoms with E-state index in [-0.39, 0.29) is 0 Å². The number of hydrazine groups is 1. The van der Waals surface area contributed by atoms with Crippen LogP contribution in [-0.2, 0) is 0 Å². The van der Waals surface area contributed by atoms with E-state index < -0.39 is 7.25 Å². The summed E-state index contributed by atoms with van der Waals surface area (Å²) in [6.45, 7) is 0.539. The summed E-state index contributed by atoms with van der Waals surface area (Å²) in [4.78, 5) is 1.28. The van der Waals surface area contributed by atoms with Crippen molar-refractivity contribution >= 4 is 7.25 Å². The average Bonchev–Trinajstić information content (AvgIpc) is 2.12. The Kier molecular flexibility index (Phi) is 1.52. The highest BCUT2D eigenvalue weighted by molar-refractivity contribution is 6.37. The van der Waals surface area contributed by atoms with Crippen LogP contribution < -0.4 is 5.43 Å². The van der Waals surface area contributed by atoms with Crippen LogP contribution in [0.3, 0.4) is 0 Å². The Morgan fingerprint density at radius 1 is 1.62 bits per heavy atom. The molecular formula is C3H7BN2O2. The normalized spacial score (nSPS) is 18.8. The summed E-state index contributed by atoms with van der Waals surface area (Å²) < 4.78 is 0. The van der Waals surface area contributed by atoms with E-state index in [1.165, 1.54) is 4.92 Å². The fourth-order valence-corrected chi connectivity index (χ4v) is 0.528. The molecule has 0 unspecified atom stereocenters. The maximum Gasteiger partial charge on any atom is 0.571 e. The van der Waals surface area contributed by atoms with Gasteiger partial charge in [0, 0.05) is 12.7 Å². The van der Waals surface area contributed by atoms with Crippen molar-refractivity contribution < 1.29 is 10.0 Å². The van der Waals surface area contributed by atoms with Gasteiger partial charge >= 0.3 is 7.25 Å². The zero-order valence-electron chi connectivity index (χ0n) is 4.28. The van der Waals surface area contributed by atoms with Crippen molar-refractivity contribution in [1.82, 2.24) is 10.3 Å². The van der Waals surface area contributed by atoms with E-state index in [4.69, 9.17) is 10.0 Å². The Labute approximate surface area is 47.6 Å². The molecule has 1 aliphatic rings. The fourth-order valence-electron chi connectivity index (χ4n) is 0.528. The van der Waals surface area contributed by atoms with Gasteiger partial charge in [-0.2, -0.15) is 0 Å². The van der Waals surface area contributed by atoms with Crippen LogP contribution in [0.5, 0.6) is 0 Å². The summed E-state index contributed by atoms with van der Waals surface area (Å²) in [5.41, 5.74) is 2.61. The summed E-state index contributed by atoms with van der Waals surface area (Å²) >= 11 is 0. The Morgan fingerprint density at radius 3 is 2.62 bits per heavy atom. The predicted octanol–water partition coefficient (Wildman–Crippen LogP) is -1.71. The second kappa shape index (κ2) is 2.17. The van der Waals surface area contributed by atoms with E-state index in [0.717, 1.165) is 0 Å². The van der Waals surface area contributed by atoms with Gasteiger partial charge < -0.3 is 15.5 Å².